The van der Waals surface area contributed by atoms with E-state index in [0.717, 1.165) is 35.5 Å². The van der Waals surface area contributed by atoms with Gasteiger partial charge in [-0.3, -0.25) is 0 Å². The second kappa shape index (κ2) is 5.31. The van der Waals surface area contributed by atoms with E-state index in [1.807, 2.05) is 0 Å². The number of benzene rings is 1. The van der Waals surface area contributed by atoms with E-state index >= 15 is 0 Å². The molecule has 4 aliphatic rings. The Hall–Kier alpha value is -1.02. The fourth-order valence-electron chi connectivity index (χ4n) is 5.60. The molecule has 4 aliphatic carbocycles. The van der Waals surface area contributed by atoms with Gasteiger partial charge in [0, 0.05) is 17.6 Å². The molecule has 4 fully saturated rings. The lowest BCUT2D eigenvalue weighted by Crippen LogP contribution is -2.54. The topological polar surface area (TPSA) is 21.3 Å². The maximum Gasteiger partial charge on any atom is 0.123 e. The van der Waals surface area contributed by atoms with Crippen molar-refractivity contribution in [3.05, 3.63) is 29.8 Å². The van der Waals surface area contributed by atoms with Gasteiger partial charge in [-0.1, -0.05) is 18.2 Å². The third-order valence-electron chi connectivity index (χ3n) is 6.27. The molecule has 21 heavy (non-hydrogen) atoms. The fraction of sp³-hybridized carbons (Fsp3) is 0.684. The highest BCUT2D eigenvalue weighted by Crippen LogP contribution is 2.54. The summed E-state index contributed by atoms with van der Waals surface area (Å²) in [5, 5.41) is 3.97. The minimum absolute atomic E-state index is 0.378. The summed E-state index contributed by atoms with van der Waals surface area (Å²) >= 11 is 0. The van der Waals surface area contributed by atoms with Crippen LogP contribution in [-0.2, 0) is 0 Å². The maximum atomic E-state index is 5.53. The van der Waals surface area contributed by atoms with Crippen LogP contribution in [0.5, 0.6) is 5.75 Å². The van der Waals surface area contributed by atoms with Crippen LogP contribution in [-0.4, -0.2) is 13.2 Å². The van der Waals surface area contributed by atoms with E-state index < -0.39 is 0 Å². The Balaban J connectivity index is 1.51. The molecule has 2 nitrogen and oxygen atoms in total. The smallest absolute Gasteiger partial charge is 0.123 e. The second-order valence-electron chi connectivity index (χ2n) is 7.59. The number of rotatable bonds is 4. The Bertz CT molecular complexity index is 484. The quantitative estimate of drug-likeness (QED) is 0.896. The summed E-state index contributed by atoms with van der Waals surface area (Å²) in [5.74, 6) is 4.97. The average molecular weight is 285 g/mol. The standard InChI is InChI=1S/C19H27NO/c1-12(17-5-3-4-6-18(17)21-2)20-19-15-8-13-7-14(10-15)11-16(19)9-13/h3-6,12-16,19-20H,7-11H2,1-2H3. The monoisotopic (exact) mass is 285 g/mol. The van der Waals surface area contributed by atoms with Crippen LogP contribution in [0.15, 0.2) is 24.3 Å². The molecule has 0 radical (unpaired) electrons. The fourth-order valence-corrected chi connectivity index (χ4v) is 5.60. The minimum atomic E-state index is 0.378. The first-order valence-electron chi connectivity index (χ1n) is 8.63. The normalized spacial score (nSPS) is 38.5. The lowest BCUT2D eigenvalue weighted by molar-refractivity contribution is -0.0171. The molecule has 1 aromatic carbocycles. The molecule has 0 saturated heterocycles. The van der Waals surface area contributed by atoms with Crippen LogP contribution in [0.1, 0.15) is 50.6 Å². The molecule has 0 heterocycles. The molecule has 1 atom stereocenters. The Morgan fingerprint density at radius 3 is 2.24 bits per heavy atom. The van der Waals surface area contributed by atoms with Gasteiger partial charge < -0.3 is 10.1 Å². The lowest BCUT2D eigenvalue weighted by atomic mass is 9.54. The van der Waals surface area contributed by atoms with E-state index in [9.17, 15) is 0 Å². The number of ether oxygens (including phenoxy) is 1. The van der Waals surface area contributed by atoms with Crippen LogP contribution in [0.3, 0.4) is 0 Å². The largest absolute Gasteiger partial charge is 0.496 e. The maximum absolute atomic E-state index is 5.53. The predicted octanol–water partition coefficient (Wildman–Crippen LogP) is 4.17. The molecule has 4 saturated carbocycles. The van der Waals surface area contributed by atoms with Gasteiger partial charge >= 0.3 is 0 Å². The van der Waals surface area contributed by atoms with Crippen LogP contribution in [0.2, 0.25) is 0 Å². The number of nitrogens with one attached hydrogen (secondary N) is 1. The van der Waals surface area contributed by atoms with E-state index in [1.165, 1.54) is 37.7 Å². The first kappa shape index (κ1) is 13.6. The Labute approximate surface area is 128 Å². The van der Waals surface area contributed by atoms with Crippen molar-refractivity contribution in [2.24, 2.45) is 23.7 Å². The van der Waals surface area contributed by atoms with Crippen LogP contribution in [0.4, 0.5) is 0 Å². The number of para-hydroxylation sites is 1. The summed E-state index contributed by atoms with van der Waals surface area (Å²) < 4.78 is 5.53. The molecule has 0 spiro atoms. The third kappa shape index (κ3) is 2.38. The summed E-state index contributed by atoms with van der Waals surface area (Å²) in [6.07, 6.45) is 7.43. The second-order valence-corrected chi connectivity index (χ2v) is 7.59. The molecule has 0 amide bonds. The average Bonchev–Trinajstić information content (AvgIpc) is 2.50. The van der Waals surface area contributed by atoms with Crippen molar-refractivity contribution < 1.29 is 4.74 Å². The highest BCUT2D eigenvalue weighted by molar-refractivity contribution is 5.35. The molecule has 1 N–H and O–H groups in total. The zero-order chi connectivity index (χ0) is 14.4. The van der Waals surface area contributed by atoms with Crippen molar-refractivity contribution >= 4 is 0 Å². The molecule has 2 heteroatoms. The van der Waals surface area contributed by atoms with Gasteiger partial charge in [-0.05, 0) is 68.8 Å². The molecule has 1 aromatic rings. The molecule has 4 bridgehead atoms. The van der Waals surface area contributed by atoms with E-state index in [1.54, 1.807) is 7.11 Å². The molecule has 114 valence electrons. The molecule has 5 rings (SSSR count). The summed E-state index contributed by atoms with van der Waals surface area (Å²) in [4.78, 5) is 0. The van der Waals surface area contributed by atoms with Gasteiger partial charge in [0.2, 0.25) is 0 Å². The van der Waals surface area contributed by atoms with Crippen LogP contribution in [0.25, 0.3) is 0 Å². The number of hydrogen-bond donors (Lipinski definition) is 1. The van der Waals surface area contributed by atoms with Crippen molar-refractivity contribution in [3.63, 3.8) is 0 Å². The van der Waals surface area contributed by atoms with Gasteiger partial charge in [-0.15, -0.1) is 0 Å². The van der Waals surface area contributed by atoms with E-state index in [2.05, 4.69) is 36.5 Å². The van der Waals surface area contributed by atoms with Crippen molar-refractivity contribution in [2.75, 3.05) is 7.11 Å². The first-order chi connectivity index (χ1) is 10.2. The Kier molecular flexibility index (Phi) is 3.45. The van der Waals surface area contributed by atoms with Gasteiger partial charge in [0.05, 0.1) is 7.11 Å². The summed E-state index contributed by atoms with van der Waals surface area (Å²) in [5.41, 5.74) is 1.30. The number of methoxy groups -OCH3 is 1. The molecule has 0 aromatic heterocycles. The van der Waals surface area contributed by atoms with E-state index in [0.29, 0.717) is 6.04 Å². The molecular formula is C19H27NO. The van der Waals surface area contributed by atoms with Crippen molar-refractivity contribution in [1.82, 2.24) is 5.32 Å². The Morgan fingerprint density at radius 1 is 1.00 bits per heavy atom. The summed E-state index contributed by atoms with van der Waals surface area (Å²) in [6.45, 7) is 2.29. The zero-order valence-corrected chi connectivity index (χ0v) is 13.2. The lowest BCUT2D eigenvalue weighted by Gasteiger charge is -2.55. The molecular weight excluding hydrogens is 258 g/mol. The predicted molar refractivity (Wildman–Crippen MR) is 85.4 cm³/mol. The van der Waals surface area contributed by atoms with Crippen LogP contribution >= 0.6 is 0 Å². The zero-order valence-electron chi connectivity index (χ0n) is 13.2. The highest BCUT2D eigenvalue weighted by atomic mass is 16.5. The Morgan fingerprint density at radius 2 is 1.62 bits per heavy atom. The van der Waals surface area contributed by atoms with Crippen LogP contribution < -0.4 is 10.1 Å². The van der Waals surface area contributed by atoms with Gasteiger partial charge in [0.1, 0.15) is 5.75 Å². The van der Waals surface area contributed by atoms with Gasteiger partial charge in [0.15, 0.2) is 0 Å². The van der Waals surface area contributed by atoms with Gasteiger partial charge in [-0.2, -0.15) is 0 Å². The van der Waals surface area contributed by atoms with Crippen LogP contribution in [0, 0.1) is 23.7 Å². The first-order valence-corrected chi connectivity index (χ1v) is 8.63. The van der Waals surface area contributed by atoms with Gasteiger partial charge in [0.25, 0.3) is 0 Å². The number of hydrogen-bond acceptors (Lipinski definition) is 2. The van der Waals surface area contributed by atoms with E-state index in [-0.39, 0.29) is 0 Å². The highest BCUT2D eigenvalue weighted by Gasteiger charge is 2.48. The third-order valence-corrected chi connectivity index (χ3v) is 6.27. The van der Waals surface area contributed by atoms with Crippen molar-refractivity contribution in [1.29, 1.82) is 0 Å². The summed E-state index contributed by atoms with van der Waals surface area (Å²) in [7, 11) is 1.77. The minimum Gasteiger partial charge on any atom is -0.496 e. The van der Waals surface area contributed by atoms with Crippen molar-refractivity contribution in [3.8, 4) is 5.75 Å². The summed E-state index contributed by atoms with van der Waals surface area (Å²) in [6, 6.07) is 9.56. The molecule has 1 unspecified atom stereocenters. The SMILES string of the molecule is COc1ccccc1C(C)NC1C2CC3CC(C2)CC1C3. The van der Waals surface area contributed by atoms with Crippen molar-refractivity contribution in [2.45, 2.75) is 51.1 Å². The molecule has 0 aliphatic heterocycles. The van der Waals surface area contributed by atoms with Gasteiger partial charge in [-0.25, -0.2) is 0 Å². The van der Waals surface area contributed by atoms with E-state index in [4.69, 9.17) is 4.74 Å².